The van der Waals surface area contributed by atoms with Crippen molar-refractivity contribution in [2.75, 3.05) is 18.4 Å². The van der Waals surface area contributed by atoms with Crippen LogP contribution in [0, 0.1) is 5.92 Å². The van der Waals surface area contributed by atoms with E-state index < -0.39 is 0 Å². The van der Waals surface area contributed by atoms with Gasteiger partial charge in [-0.3, -0.25) is 9.59 Å². The van der Waals surface area contributed by atoms with E-state index in [1.54, 1.807) is 0 Å². The summed E-state index contributed by atoms with van der Waals surface area (Å²) in [6.45, 7) is 7.70. The van der Waals surface area contributed by atoms with Crippen molar-refractivity contribution in [3.63, 3.8) is 0 Å². The molecular weight excluding hydrogens is 416 g/mol. The summed E-state index contributed by atoms with van der Waals surface area (Å²) in [7, 11) is 0. The Bertz CT molecular complexity index is 848. The third-order valence-corrected chi connectivity index (χ3v) is 5.74. The van der Waals surface area contributed by atoms with Gasteiger partial charge in [0.15, 0.2) is 0 Å². The van der Waals surface area contributed by atoms with Crippen molar-refractivity contribution in [1.29, 1.82) is 0 Å². The van der Waals surface area contributed by atoms with Crippen LogP contribution in [0.2, 0.25) is 0 Å². The van der Waals surface area contributed by atoms with E-state index in [2.05, 4.69) is 42.0 Å². The molecule has 1 saturated heterocycles. The molecule has 0 spiro atoms. The number of piperidine rings is 1. The van der Waals surface area contributed by atoms with Crippen molar-refractivity contribution in [1.82, 2.24) is 4.90 Å². The Kier molecular flexibility index (Phi) is 6.23. The number of hydrogen-bond donors (Lipinski definition) is 1. The summed E-state index contributed by atoms with van der Waals surface area (Å²) < 4.78 is 0.934. The van der Waals surface area contributed by atoms with Crippen LogP contribution in [0.1, 0.15) is 49.5 Å². The van der Waals surface area contributed by atoms with Gasteiger partial charge in [0.2, 0.25) is 5.91 Å². The number of amides is 2. The number of benzene rings is 2. The first-order chi connectivity index (χ1) is 13.2. The van der Waals surface area contributed by atoms with E-state index in [-0.39, 0.29) is 23.1 Å². The van der Waals surface area contributed by atoms with Gasteiger partial charge in [-0.2, -0.15) is 0 Å². The van der Waals surface area contributed by atoms with Gasteiger partial charge in [0.05, 0.1) is 0 Å². The molecule has 5 heteroatoms. The second-order valence-corrected chi connectivity index (χ2v) is 9.31. The molecule has 2 amide bonds. The molecule has 0 aromatic heterocycles. The fourth-order valence-corrected chi connectivity index (χ4v) is 3.85. The van der Waals surface area contributed by atoms with E-state index in [9.17, 15) is 9.59 Å². The van der Waals surface area contributed by atoms with Crippen LogP contribution in [0.4, 0.5) is 5.69 Å². The zero-order chi connectivity index (χ0) is 20.3. The average molecular weight is 443 g/mol. The SMILES string of the molecule is CC(C)(C)c1ccc(C(=O)N2CCC(C(=O)Nc3cccc(Br)c3)CC2)cc1. The number of anilines is 1. The number of nitrogens with one attached hydrogen (secondary N) is 1. The van der Waals surface area contributed by atoms with Crippen LogP contribution in [0.3, 0.4) is 0 Å². The van der Waals surface area contributed by atoms with Crippen LogP contribution >= 0.6 is 15.9 Å². The summed E-state index contributed by atoms with van der Waals surface area (Å²) in [4.78, 5) is 27.2. The Morgan fingerprint density at radius 2 is 1.68 bits per heavy atom. The highest BCUT2D eigenvalue weighted by Crippen LogP contribution is 2.25. The lowest BCUT2D eigenvalue weighted by Gasteiger charge is -2.31. The molecule has 1 fully saturated rings. The molecule has 2 aromatic carbocycles. The monoisotopic (exact) mass is 442 g/mol. The maximum absolute atomic E-state index is 12.8. The first-order valence-electron chi connectivity index (χ1n) is 9.70. The van der Waals surface area contributed by atoms with Crippen molar-refractivity contribution in [3.8, 4) is 0 Å². The number of nitrogens with zero attached hydrogens (tertiary/aromatic N) is 1. The lowest BCUT2D eigenvalue weighted by molar-refractivity contribution is -0.121. The van der Waals surface area contributed by atoms with E-state index in [0.29, 0.717) is 31.5 Å². The van der Waals surface area contributed by atoms with Gasteiger partial charge in [0, 0.05) is 34.7 Å². The normalized spacial score (nSPS) is 15.4. The zero-order valence-corrected chi connectivity index (χ0v) is 18.3. The second kappa shape index (κ2) is 8.48. The molecule has 0 radical (unpaired) electrons. The molecule has 1 heterocycles. The molecule has 0 saturated carbocycles. The highest BCUT2D eigenvalue weighted by atomic mass is 79.9. The van der Waals surface area contributed by atoms with Crippen LogP contribution in [0.15, 0.2) is 53.0 Å². The fourth-order valence-electron chi connectivity index (χ4n) is 3.45. The number of hydrogen-bond acceptors (Lipinski definition) is 2. The Morgan fingerprint density at radius 3 is 2.25 bits per heavy atom. The molecule has 4 nitrogen and oxygen atoms in total. The molecule has 1 N–H and O–H groups in total. The summed E-state index contributed by atoms with van der Waals surface area (Å²) in [5.74, 6) is 0.0114. The first-order valence-corrected chi connectivity index (χ1v) is 10.5. The molecule has 0 bridgehead atoms. The number of carbonyl (C=O) groups is 2. The standard InChI is InChI=1S/C23H27BrN2O2/c1-23(2,3)18-9-7-17(8-10-18)22(28)26-13-11-16(12-14-26)21(27)25-20-6-4-5-19(24)15-20/h4-10,15-16H,11-14H2,1-3H3,(H,25,27). The van der Waals surface area contributed by atoms with E-state index >= 15 is 0 Å². The molecule has 0 aliphatic carbocycles. The van der Waals surface area contributed by atoms with Crippen molar-refractivity contribution in [3.05, 3.63) is 64.1 Å². The van der Waals surface area contributed by atoms with E-state index in [1.165, 1.54) is 5.56 Å². The van der Waals surface area contributed by atoms with E-state index in [1.807, 2.05) is 53.4 Å². The Hall–Kier alpha value is -2.14. The maximum Gasteiger partial charge on any atom is 0.253 e. The molecule has 3 rings (SSSR count). The highest BCUT2D eigenvalue weighted by molar-refractivity contribution is 9.10. The largest absolute Gasteiger partial charge is 0.339 e. The minimum Gasteiger partial charge on any atom is -0.339 e. The van der Waals surface area contributed by atoms with E-state index in [0.717, 1.165) is 10.2 Å². The molecule has 1 aliphatic heterocycles. The average Bonchev–Trinajstić information content (AvgIpc) is 2.67. The predicted molar refractivity (Wildman–Crippen MR) is 117 cm³/mol. The van der Waals surface area contributed by atoms with Gasteiger partial charge < -0.3 is 10.2 Å². The minimum atomic E-state index is -0.0636. The van der Waals surface area contributed by atoms with Crippen LogP contribution in [-0.2, 0) is 10.2 Å². The number of halogens is 1. The van der Waals surface area contributed by atoms with Gasteiger partial charge in [-0.25, -0.2) is 0 Å². The summed E-state index contributed by atoms with van der Waals surface area (Å²) in [6.07, 6.45) is 1.37. The fraction of sp³-hybridized carbons (Fsp3) is 0.391. The second-order valence-electron chi connectivity index (χ2n) is 8.39. The predicted octanol–water partition coefficient (Wildman–Crippen LogP) is 5.24. The Balaban J connectivity index is 1.56. The highest BCUT2D eigenvalue weighted by Gasteiger charge is 2.28. The number of rotatable bonds is 3. The van der Waals surface area contributed by atoms with Crippen molar-refractivity contribution in [2.24, 2.45) is 5.92 Å². The van der Waals surface area contributed by atoms with Crippen molar-refractivity contribution >= 4 is 33.4 Å². The third-order valence-electron chi connectivity index (χ3n) is 5.24. The summed E-state index contributed by atoms with van der Waals surface area (Å²) in [6, 6.07) is 15.5. The molecule has 0 unspecified atom stereocenters. The summed E-state index contributed by atoms with van der Waals surface area (Å²) in [5.41, 5.74) is 2.79. The molecule has 0 atom stereocenters. The van der Waals surface area contributed by atoms with Crippen LogP contribution in [-0.4, -0.2) is 29.8 Å². The molecule has 28 heavy (non-hydrogen) atoms. The van der Waals surface area contributed by atoms with Crippen LogP contribution in [0.5, 0.6) is 0 Å². The quantitative estimate of drug-likeness (QED) is 0.706. The zero-order valence-electron chi connectivity index (χ0n) is 16.7. The molecule has 148 valence electrons. The van der Waals surface area contributed by atoms with Gasteiger partial charge in [-0.05, 0) is 54.2 Å². The molecule has 2 aromatic rings. The van der Waals surface area contributed by atoms with Gasteiger partial charge in [0.1, 0.15) is 0 Å². The van der Waals surface area contributed by atoms with Gasteiger partial charge >= 0.3 is 0 Å². The van der Waals surface area contributed by atoms with Gasteiger partial charge in [0.25, 0.3) is 5.91 Å². The lowest BCUT2D eigenvalue weighted by Crippen LogP contribution is -2.41. The molecule has 1 aliphatic rings. The Morgan fingerprint density at radius 1 is 1.04 bits per heavy atom. The topological polar surface area (TPSA) is 49.4 Å². The van der Waals surface area contributed by atoms with Crippen molar-refractivity contribution < 1.29 is 9.59 Å². The van der Waals surface area contributed by atoms with Crippen LogP contribution in [0.25, 0.3) is 0 Å². The first kappa shape index (κ1) is 20.6. The van der Waals surface area contributed by atoms with Crippen LogP contribution < -0.4 is 5.32 Å². The third kappa shape index (κ3) is 5.02. The van der Waals surface area contributed by atoms with Gasteiger partial charge in [-0.15, -0.1) is 0 Å². The Labute approximate surface area is 175 Å². The smallest absolute Gasteiger partial charge is 0.253 e. The molecular formula is C23H27BrN2O2. The van der Waals surface area contributed by atoms with Crippen molar-refractivity contribution in [2.45, 2.75) is 39.0 Å². The summed E-state index contributed by atoms with van der Waals surface area (Å²) >= 11 is 3.41. The number of carbonyl (C=O) groups excluding carboxylic acids is 2. The number of likely N-dealkylation sites (tertiary alicyclic amines) is 1. The minimum absolute atomic E-state index is 0.0275. The van der Waals surface area contributed by atoms with Gasteiger partial charge in [-0.1, -0.05) is 54.9 Å². The lowest BCUT2D eigenvalue weighted by atomic mass is 9.86. The summed E-state index contributed by atoms with van der Waals surface area (Å²) in [5, 5.41) is 2.98. The maximum atomic E-state index is 12.8. The van der Waals surface area contributed by atoms with E-state index in [4.69, 9.17) is 0 Å².